The van der Waals surface area contributed by atoms with E-state index in [0.29, 0.717) is 37.6 Å². The minimum atomic E-state index is -3.22. The number of thiazole rings is 1. The molecule has 0 atom stereocenters. The smallest absolute Gasteiger partial charge is 0.321 e. The van der Waals surface area contributed by atoms with E-state index in [1.165, 1.54) is 15.6 Å². The topological polar surface area (TPSA) is 101 Å². The quantitative estimate of drug-likeness (QED) is 0.710. The Morgan fingerprint density at radius 1 is 1.32 bits per heavy atom. The first-order valence-corrected chi connectivity index (χ1v) is 11.5. The molecule has 0 spiro atoms. The summed E-state index contributed by atoms with van der Waals surface area (Å²) in [4.78, 5) is 17.4. The zero-order chi connectivity index (χ0) is 20.1. The molecule has 1 aliphatic heterocycles. The van der Waals surface area contributed by atoms with Crippen molar-refractivity contribution in [1.82, 2.24) is 14.6 Å². The lowest BCUT2D eigenvalue weighted by molar-refractivity contribution is 0.252. The predicted octanol–water partition coefficient (Wildman–Crippen LogP) is 2.22. The molecule has 2 heterocycles. The van der Waals surface area contributed by atoms with Crippen LogP contribution in [0, 0.1) is 0 Å². The van der Waals surface area contributed by atoms with E-state index >= 15 is 0 Å². The summed E-state index contributed by atoms with van der Waals surface area (Å²) >= 11 is 1.32. The zero-order valence-electron chi connectivity index (χ0n) is 15.9. The maximum Gasteiger partial charge on any atom is 0.321 e. The minimum Gasteiger partial charge on any atom is -0.497 e. The SMILES string of the molecule is CCS(=O)(=O)N1CCc2nc(NC(=O)NCCc3ccc(OC)cc3)sc2C1. The average Bonchev–Trinajstić information content (AvgIpc) is 3.09. The minimum absolute atomic E-state index is 0.0862. The number of carbonyl (C=O) groups is 1. The number of aromatic nitrogens is 1. The van der Waals surface area contributed by atoms with Crippen LogP contribution in [0.2, 0.25) is 0 Å². The van der Waals surface area contributed by atoms with Gasteiger partial charge in [0.05, 0.1) is 18.6 Å². The fourth-order valence-electron chi connectivity index (χ4n) is 2.90. The van der Waals surface area contributed by atoms with Crippen LogP contribution in [0.3, 0.4) is 0 Å². The van der Waals surface area contributed by atoms with Crippen molar-refractivity contribution in [3.63, 3.8) is 0 Å². The number of anilines is 1. The maximum absolute atomic E-state index is 12.1. The summed E-state index contributed by atoms with van der Waals surface area (Å²) in [6.07, 6.45) is 1.27. The van der Waals surface area contributed by atoms with Crippen LogP contribution in [0.1, 0.15) is 23.1 Å². The van der Waals surface area contributed by atoms with Gasteiger partial charge in [-0.2, -0.15) is 4.31 Å². The number of amides is 2. The molecule has 2 amide bonds. The molecular weight excluding hydrogens is 400 g/mol. The van der Waals surface area contributed by atoms with Crippen molar-refractivity contribution in [2.24, 2.45) is 0 Å². The summed E-state index contributed by atoms with van der Waals surface area (Å²) in [7, 11) is -1.59. The molecule has 3 rings (SSSR count). The molecular formula is C18H24N4O4S2. The molecule has 0 saturated carbocycles. The van der Waals surface area contributed by atoms with E-state index in [2.05, 4.69) is 15.6 Å². The summed E-state index contributed by atoms with van der Waals surface area (Å²) in [5.41, 5.74) is 1.96. The van der Waals surface area contributed by atoms with Crippen molar-refractivity contribution < 1.29 is 17.9 Å². The number of methoxy groups -OCH3 is 1. The monoisotopic (exact) mass is 424 g/mol. The van der Waals surface area contributed by atoms with E-state index in [4.69, 9.17) is 4.74 Å². The van der Waals surface area contributed by atoms with Crippen molar-refractivity contribution in [1.29, 1.82) is 0 Å². The fourth-order valence-corrected chi connectivity index (χ4v) is 5.06. The van der Waals surface area contributed by atoms with E-state index in [1.54, 1.807) is 14.0 Å². The second-order valence-corrected chi connectivity index (χ2v) is 9.69. The summed E-state index contributed by atoms with van der Waals surface area (Å²) in [5.74, 6) is 0.885. The normalized spacial score (nSPS) is 14.4. The number of hydrogen-bond donors (Lipinski definition) is 2. The number of benzene rings is 1. The van der Waals surface area contributed by atoms with Crippen LogP contribution >= 0.6 is 11.3 Å². The van der Waals surface area contributed by atoms with Gasteiger partial charge in [0.25, 0.3) is 0 Å². The van der Waals surface area contributed by atoms with Gasteiger partial charge in [-0.15, -0.1) is 0 Å². The molecule has 0 saturated heterocycles. The van der Waals surface area contributed by atoms with Crippen LogP contribution in [0.5, 0.6) is 5.75 Å². The van der Waals surface area contributed by atoms with Gasteiger partial charge in [0.2, 0.25) is 10.0 Å². The molecule has 1 aromatic heterocycles. The second-order valence-electron chi connectivity index (χ2n) is 6.35. The molecule has 1 aliphatic rings. The van der Waals surface area contributed by atoms with Crippen LogP contribution in [0.4, 0.5) is 9.93 Å². The standard InChI is InChI=1S/C18H24N4O4S2/c1-3-28(24,25)22-11-9-15-16(12-22)27-18(20-15)21-17(23)19-10-8-13-4-6-14(26-2)7-5-13/h4-7H,3,8-12H2,1-2H3,(H2,19,20,21,23). The Bertz CT molecular complexity index is 926. The van der Waals surface area contributed by atoms with Gasteiger partial charge in [0.15, 0.2) is 5.13 Å². The lowest BCUT2D eigenvalue weighted by Gasteiger charge is -2.24. The highest BCUT2D eigenvalue weighted by molar-refractivity contribution is 7.89. The lowest BCUT2D eigenvalue weighted by Crippen LogP contribution is -2.36. The van der Waals surface area contributed by atoms with Crippen LogP contribution in [0.25, 0.3) is 0 Å². The maximum atomic E-state index is 12.1. The molecule has 0 bridgehead atoms. The largest absolute Gasteiger partial charge is 0.497 e. The molecule has 2 aromatic rings. The van der Waals surface area contributed by atoms with Gasteiger partial charge in [0.1, 0.15) is 5.75 Å². The van der Waals surface area contributed by atoms with E-state index in [9.17, 15) is 13.2 Å². The van der Waals surface area contributed by atoms with Gasteiger partial charge in [0, 0.05) is 30.9 Å². The number of nitrogens with zero attached hydrogens (tertiary/aromatic N) is 2. The van der Waals surface area contributed by atoms with Crippen molar-refractivity contribution >= 4 is 32.5 Å². The highest BCUT2D eigenvalue weighted by atomic mass is 32.2. The molecule has 0 aliphatic carbocycles. The van der Waals surface area contributed by atoms with E-state index in [-0.39, 0.29) is 11.8 Å². The molecule has 152 valence electrons. The van der Waals surface area contributed by atoms with Crippen LogP contribution in [-0.4, -0.2) is 49.7 Å². The highest BCUT2D eigenvalue weighted by Gasteiger charge is 2.28. The first-order chi connectivity index (χ1) is 13.4. The summed E-state index contributed by atoms with van der Waals surface area (Å²) in [5, 5.41) is 6.04. The molecule has 8 nitrogen and oxygen atoms in total. The third kappa shape index (κ3) is 5.00. The van der Waals surface area contributed by atoms with Crippen molar-refractivity contribution in [2.45, 2.75) is 26.3 Å². The van der Waals surface area contributed by atoms with Gasteiger partial charge in [-0.25, -0.2) is 18.2 Å². The van der Waals surface area contributed by atoms with Gasteiger partial charge in [-0.05, 0) is 31.0 Å². The number of nitrogens with one attached hydrogen (secondary N) is 2. The summed E-state index contributed by atoms with van der Waals surface area (Å²) in [6, 6.07) is 7.37. The molecule has 1 aromatic carbocycles. The Labute approximate surface area is 169 Å². The third-order valence-corrected chi connectivity index (χ3v) is 7.36. The Kier molecular flexibility index (Phi) is 6.53. The fraction of sp³-hybridized carbons (Fsp3) is 0.444. The number of urea groups is 1. The first-order valence-electron chi connectivity index (χ1n) is 9.05. The number of ether oxygens (including phenoxy) is 1. The Morgan fingerprint density at radius 3 is 2.75 bits per heavy atom. The lowest BCUT2D eigenvalue weighted by atomic mass is 10.1. The van der Waals surface area contributed by atoms with Crippen LogP contribution in [-0.2, 0) is 29.4 Å². The summed E-state index contributed by atoms with van der Waals surface area (Å²) < 4.78 is 30.7. The molecule has 28 heavy (non-hydrogen) atoms. The van der Waals surface area contributed by atoms with Crippen LogP contribution in [0.15, 0.2) is 24.3 Å². The predicted molar refractivity (Wildman–Crippen MR) is 109 cm³/mol. The average molecular weight is 425 g/mol. The molecule has 2 N–H and O–H groups in total. The van der Waals surface area contributed by atoms with Gasteiger partial charge in [-0.1, -0.05) is 23.5 Å². The zero-order valence-corrected chi connectivity index (χ0v) is 17.5. The van der Waals surface area contributed by atoms with E-state index in [1.807, 2.05) is 24.3 Å². The van der Waals surface area contributed by atoms with Gasteiger partial charge >= 0.3 is 6.03 Å². The molecule has 0 fully saturated rings. The van der Waals surface area contributed by atoms with Crippen molar-refractivity contribution in [2.75, 3.05) is 31.3 Å². The third-order valence-electron chi connectivity index (χ3n) is 4.53. The van der Waals surface area contributed by atoms with Crippen molar-refractivity contribution in [3.05, 3.63) is 40.4 Å². The van der Waals surface area contributed by atoms with E-state index < -0.39 is 10.0 Å². The van der Waals surface area contributed by atoms with Crippen molar-refractivity contribution in [3.8, 4) is 5.75 Å². The number of hydrogen-bond acceptors (Lipinski definition) is 6. The highest BCUT2D eigenvalue weighted by Crippen LogP contribution is 2.29. The number of sulfonamides is 1. The summed E-state index contributed by atoms with van der Waals surface area (Å²) in [6.45, 7) is 2.89. The number of carbonyl (C=O) groups excluding carboxylic acids is 1. The van der Waals surface area contributed by atoms with Crippen LogP contribution < -0.4 is 15.4 Å². The Morgan fingerprint density at radius 2 is 2.07 bits per heavy atom. The Hall–Kier alpha value is -2.17. The number of fused-ring (bicyclic) bond motifs is 1. The van der Waals surface area contributed by atoms with E-state index in [0.717, 1.165) is 21.9 Å². The van der Waals surface area contributed by atoms with Gasteiger partial charge < -0.3 is 10.1 Å². The molecule has 0 unspecified atom stereocenters. The Balaban J connectivity index is 1.50. The molecule has 0 radical (unpaired) electrons. The van der Waals surface area contributed by atoms with Gasteiger partial charge in [-0.3, -0.25) is 5.32 Å². The number of rotatable bonds is 7. The first kappa shape index (κ1) is 20.6. The second kappa shape index (κ2) is 8.89. The molecule has 10 heteroatoms.